The van der Waals surface area contributed by atoms with Gasteiger partial charge < -0.3 is 16.2 Å². The minimum absolute atomic E-state index is 0. The lowest BCUT2D eigenvalue weighted by molar-refractivity contribution is 0.0940. The van der Waals surface area contributed by atoms with Crippen molar-refractivity contribution in [2.75, 3.05) is 13.1 Å². The zero-order chi connectivity index (χ0) is 14.5. The summed E-state index contributed by atoms with van der Waals surface area (Å²) in [5, 5.41) is 16.6. The van der Waals surface area contributed by atoms with E-state index in [1.54, 1.807) is 0 Å². The summed E-state index contributed by atoms with van der Waals surface area (Å²) in [6, 6.07) is 9.28. The fraction of sp³-hybridized carbons (Fsp3) is 0.286. The van der Waals surface area contributed by atoms with Crippen molar-refractivity contribution in [1.82, 2.24) is 15.1 Å². The molecule has 114 valence electrons. The van der Waals surface area contributed by atoms with E-state index in [2.05, 4.69) is 10.4 Å². The van der Waals surface area contributed by atoms with Crippen molar-refractivity contribution in [2.45, 2.75) is 6.92 Å². The van der Waals surface area contributed by atoms with E-state index in [4.69, 9.17) is 5.73 Å². The Morgan fingerprint density at radius 1 is 1.43 bits per heavy atom. The van der Waals surface area contributed by atoms with Crippen LogP contribution in [-0.2, 0) is 0 Å². The summed E-state index contributed by atoms with van der Waals surface area (Å²) in [5.41, 5.74) is 6.27. The molecule has 1 unspecified atom stereocenters. The van der Waals surface area contributed by atoms with Crippen LogP contribution >= 0.6 is 12.4 Å². The average molecular weight is 311 g/mol. The van der Waals surface area contributed by atoms with Crippen molar-refractivity contribution in [1.29, 1.82) is 0 Å². The predicted octanol–water partition coefficient (Wildman–Crippen LogP) is 1.32. The fourth-order valence-electron chi connectivity index (χ4n) is 1.67. The zero-order valence-electron chi connectivity index (χ0n) is 11.7. The lowest BCUT2D eigenvalue weighted by Crippen LogP contribution is -2.31. The minimum atomic E-state index is -0.405. The third-order valence-electron chi connectivity index (χ3n) is 2.94. The summed E-state index contributed by atoms with van der Waals surface area (Å²) in [6.07, 6.45) is 1.41. The number of aromatic nitrogens is 2. The molecule has 0 aliphatic heterocycles. The van der Waals surface area contributed by atoms with Crippen LogP contribution in [0.25, 0.3) is 5.69 Å². The van der Waals surface area contributed by atoms with E-state index in [0.29, 0.717) is 13.1 Å². The summed E-state index contributed by atoms with van der Waals surface area (Å²) in [6.45, 7) is 2.88. The number of nitrogens with one attached hydrogen (secondary N) is 1. The number of nitrogens with two attached hydrogens (primary N) is 1. The highest BCUT2D eigenvalue weighted by Gasteiger charge is 2.17. The summed E-state index contributed by atoms with van der Waals surface area (Å²) in [7, 11) is 0. The van der Waals surface area contributed by atoms with Crippen LogP contribution in [0, 0.1) is 5.92 Å². The van der Waals surface area contributed by atoms with Crippen molar-refractivity contribution in [3.05, 3.63) is 42.2 Å². The van der Waals surface area contributed by atoms with Crippen molar-refractivity contribution in [3.63, 3.8) is 0 Å². The number of rotatable bonds is 5. The molecule has 1 atom stereocenters. The van der Waals surface area contributed by atoms with Crippen LogP contribution in [0.3, 0.4) is 0 Å². The van der Waals surface area contributed by atoms with Crippen LogP contribution in [0.1, 0.15) is 17.4 Å². The summed E-state index contributed by atoms with van der Waals surface area (Å²) in [5.74, 6) is -0.374. The first-order chi connectivity index (χ1) is 9.61. The van der Waals surface area contributed by atoms with Gasteiger partial charge in [0.1, 0.15) is 0 Å². The topological polar surface area (TPSA) is 93.2 Å². The molecule has 2 aromatic rings. The average Bonchev–Trinajstić information content (AvgIpc) is 2.87. The summed E-state index contributed by atoms with van der Waals surface area (Å²) < 4.78 is 1.47. The first-order valence-electron chi connectivity index (χ1n) is 6.44. The first-order valence-corrected chi connectivity index (χ1v) is 6.44. The second-order valence-corrected chi connectivity index (χ2v) is 4.69. The minimum Gasteiger partial charge on any atom is -0.504 e. The Labute approximate surface area is 129 Å². The Morgan fingerprint density at radius 3 is 2.71 bits per heavy atom. The molecular formula is C14H19ClN4O2. The highest BCUT2D eigenvalue weighted by atomic mass is 35.5. The van der Waals surface area contributed by atoms with E-state index in [1.807, 2.05) is 37.3 Å². The second kappa shape index (κ2) is 7.66. The normalized spacial score (nSPS) is 11.5. The molecular weight excluding hydrogens is 292 g/mol. The number of aromatic hydroxyl groups is 1. The molecule has 1 heterocycles. The Hall–Kier alpha value is -2.05. The van der Waals surface area contributed by atoms with E-state index >= 15 is 0 Å². The molecule has 1 aromatic carbocycles. The van der Waals surface area contributed by atoms with E-state index in [1.165, 1.54) is 10.9 Å². The second-order valence-electron chi connectivity index (χ2n) is 4.69. The summed E-state index contributed by atoms with van der Waals surface area (Å²) in [4.78, 5) is 11.9. The van der Waals surface area contributed by atoms with Gasteiger partial charge in [-0.3, -0.25) is 4.79 Å². The zero-order valence-corrected chi connectivity index (χ0v) is 12.5. The van der Waals surface area contributed by atoms with Crippen LogP contribution < -0.4 is 11.1 Å². The predicted molar refractivity (Wildman–Crippen MR) is 83.0 cm³/mol. The molecule has 0 aliphatic rings. The maximum absolute atomic E-state index is 11.9. The van der Waals surface area contributed by atoms with Gasteiger partial charge in [-0.15, -0.1) is 12.4 Å². The number of hydrogen-bond donors (Lipinski definition) is 3. The number of benzene rings is 1. The van der Waals surface area contributed by atoms with Gasteiger partial charge in [0.05, 0.1) is 11.9 Å². The number of amides is 1. The summed E-state index contributed by atoms with van der Waals surface area (Å²) >= 11 is 0. The number of hydrogen-bond acceptors (Lipinski definition) is 4. The highest BCUT2D eigenvalue weighted by Crippen LogP contribution is 2.17. The van der Waals surface area contributed by atoms with Gasteiger partial charge in [0.2, 0.25) is 0 Å². The SMILES string of the molecule is CC(CN)CNC(=O)c1nn(-c2ccccc2)cc1O.Cl. The molecule has 1 aromatic heterocycles. The first kappa shape index (κ1) is 17.0. The Bertz CT molecular complexity index is 586. The van der Waals surface area contributed by atoms with Gasteiger partial charge in [-0.2, -0.15) is 5.10 Å². The number of para-hydroxylation sites is 1. The van der Waals surface area contributed by atoms with Gasteiger partial charge in [-0.05, 0) is 24.6 Å². The quantitative estimate of drug-likeness (QED) is 0.776. The standard InChI is InChI=1S/C14H18N4O2.ClH/c1-10(7-15)8-16-14(20)13-12(19)9-18(17-13)11-5-3-2-4-6-11;/h2-6,9-10,19H,7-8,15H2,1H3,(H,16,20);1H. The maximum atomic E-state index is 11.9. The molecule has 0 bridgehead atoms. The van der Waals surface area contributed by atoms with Crippen LogP contribution in [0.15, 0.2) is 36.5 Å². The lowest BCUT2D eigenvalue weighted by Gasteiger charge is -2.08. The molecule has 21 heavy (non-hydrogen) atoms. The van der Waals surface area contributed by atoms with Crippen LogP contribution in [0.4, 0.5) is 0 Å². The van der Waals surface area contributed by atoms with Crippen molar-refractivity contribution in [3.8, 4) is 11.4 Å². The number of halogens is 1. The van der Waals surface area contributed by atoms with Crippen molar-refractivity contribution < 1.29 is 9.90 Å². The van der Waals surface area contributed by atoms with Gasteiger partial charge in [0.15, 0.2) is 11.4 Å². The molecule has 4 N–H and O–H groups in total. The maximum Gasteiger partial charge on any atom is 0.275 e. The van der Waals surface area contributed by atoms with Crippen LogP contribution in [0.2, 0.25) is 0 Å². The van der Waals surface area contributed by atoms with E-state index in [0.717, 1.165) is 5.69 Å². The largest absolute Gasteiger partial charge is 0.504 e. The molecule has 7 heteroatoms. The molecule has 2 rings (SSSR count). The Kier molecular flexibility index (Phi) is 6.20. The molecule has 6 nitrogen and oxygen atoms in total. The lowest BCUT2D eigenvalue weighted by atomic mass is 10.2. The van der Waals surface area contributed by atoms with E-state index in [-0.39, 0.29) is 29.8 Å². The van der Waals surface area contributed by atoms with Crippen LogP contribution in [0.5, 0.6) is 5.75 Å². The van der Waals surface area contributed by atoms with Gasteiger partial charge >= 0.3 is 0 Å². The fourth-order valence-corrected chi connectivity index (χ4v) is 1.67. The van der Waals surface area contributed by atoms with Gasteiger partial charge in [-0.1, -0.05) is 25.1 Å². The molecule has 0 radical (unpaired) electrons. The van der Waals surface area contributed by atoms with Gasteiger partial charge in [-0.25, -0.2) is 4.68 Å². The number of nitrogens with zero attached hydrogens (tertiary/aromatic N) is 2. The monoisotopic (exact) mass is 310 g/mol. The molecule has 0 aliphatic carbocycles. The van der Waals surface area contributed by atoms with Crippen molar-refractivity contribution in [2.24, 2.45) is 11.7 Å². The number of carbonyl (C=O) groups excluding carboxylic acids is 1. The van der Waals surface area contributed by atoms with Crippen molar-refractivity contribution >= 4 is 18.3 Å². The Morgan fingerprint density at radius 2 is 2.10 bits per heavy atom. The molecule has 1 amide bonds. The van der Waals surface area contributed by atoms with E-state index < -0.39 is 5.91 Å². The highest BCUT2D eigenvalue weighted by molar-refractivity contribution is 5.94. The van der Waals surface area contributed by atoms with Gasteiger partial charge in [0.25, 0.3) is 5.91 Å². The third kappa shape index (κ3) is 4.21. The van der Waals surface area contributed by atoms with Gasteiger partial charge in [0, 0.05) is 6.54 Å². The third-order valence-corrected chi connectivity index (χ3v) is 2.94. The molecule has 0 fully saturated rings. The molecule has 0 spiro atoms. The molecule has 0 saturated carbocycles. The van der Waals surface area contributed by atoms with E-state index in [9.17, 15) is 9.90 Å². The Balaban J connectivity index is 0.00000220. The van der Waals surface area contributed by atoms with Crippen LogP contribution in [-0.4, -0.2) is 33.9 Å². The number of carbonyl (C=O) groups is 1. The molecule has 0 saturated heterocycles. The smallest absolute Gasteiger partial charge is 0.275 e.